The second-order valence-corrected chi connectivity index (χ2v) is 9.20. The number of nitrogens with zero attached hydrogens (tertiary/aromatic N) is 2. The Balaban J connectivity index is 1.65. The molecule has 1 N–H and O–H groups in total. The number of sulfonamides is 1. The van der Waals surface area contributed by atoms with E-state index in [2.05, 4.69) is 5.32 Å². The molecule has 0 saturated carbocycles. The lowest BCUT2D eigenvalue weighted by Gasteiger charge is -2.31. The maximum absolute atomic E-state index is 13.1. The average molecular weight is 373 g/mol. The second-order valence-electron chi connectivity index (χ2n) is 7.22. The normalized spacial score (nSPS) is 20.9. The molecule has 1 aromatic heterocycles. The van der Waals surface area contributed by atoms with Crippen LogP contribution in [0.15, 0.2) is 24.3 Å². The molecule has 1 saturated heterocycles. The molecule has 1 amide bonds. The number of fused-ring (bicyclic) bond motifs is 2. The van der Waals surface area contributed by atoms with Crippen LogP contribution in [0.2, 0.25) is 0 Å². The minimum absolute atomic E-state index is 0.109. The third-order valence-corrected chi connectivity index (χ3v) is 6.60. The van der Waals surface area contributed by atoms with Gasteiger partial charge in [-0.1, -0.05) is 18.2 Å². The number of hydrogen-bond acceptors (Lipinski definition) is 4. The van der Waals surface area contributed by atoms with Crippen molar-refractivity contribution in [3.8, 4) is 0 Å². The van der Waals surface area contributed by atoms with Gasteiger partial charge in [0.25, 0.3) is 5.91 Å². The molecular weight excluding hydrogens is 350 g/mol. The first-order valence-corrected chi connectivity index (χ1v) is 10.9. The van der Waals surface area contributed by atoms with Crippen LogP contribution in [-0.2, 0) is 22.9 Å². The third-order valence-electron chi connectivity index (χ3n) is 5.33. The Labute approximate surface area is 153 Å². The highest BCUT2D eigenvalue weighted by Crippen LogP contribution is 2.30. The lowest BCUT2D eigenvalue weighted by Crippen LogP contribution is -2.49. The van der Waals surface area contributed by atoms with Crippen molar-refractivity contribution in [1.29, 1.82) is 0 Å². The molecule has 1 aliphatic heterocycles. The fourth-order valence-electron chi connectivity index (χ4n) is 4.09. The number of para-hydroxylation sites is 1. The molecule has 7 heteroatoms. The van der Waals surface area contributed by atoms with Crippen LogP contribution < -0.4 is 5.32 Å². The van der Waals surface area contributed by atoms with Crippen molar-refractivity contribution in [2.24, 2.45) is 0 Å². The fourth-order valence-corrected chi connectivity index (χ4v) is 5.00. The summed E-state index contributed by atoms with van der Waals surface area (Å²) in [6, 6.07) is 7.59. The molecule has 1 fully saturated rings. The molecule has 0 radical (unpaired) electrons. The van der Waals surface area contributed by atoms with E-state index in [-0.39, 0.29) is 11.9 Å². The zero-order chi connectivity index (χ0) is 18.3. The van der Waals surface area contributed by atoms with E-state index in [0.29, 0.717) is 13.1 Å². The van der Waals surface area contributed by atoms with Crippen molar-refractivity contribution in [2.75, 3.05) is 19.3 Å². The summed E-state index contributed by atoms with van der Waals surface area (Å²) in [5.74, 6) is -0.109. The maximum atomic E-state index is 13.1. The lowest BCUT2D eigenvalue weighted by atomic mass is 9.99. The fraction of sp³-hybridized carbons (Fsp3) is 0.474. The van der Waals surface area contributed by atoms with E-state index in [4.69, 9.17) is 4.98 Å². The van der Waals surface area contributed by atoms with Crippen LogP contribution >= 0.6 is 0 Å². The predicted octanol–water partition coefficient (Wildman–Crippen LogP) is 1.88. The van der Waals surface area contributed by atoms with Crippen molar-refractivity contribution >= 4 is 26.8 Å². The lowest BCUT2D eigenvalue weighted by molar-refractivity contribution is 0.0922. The van der Waals surface area contributed by atoms with Crippen LogP contribution in [0, 0.1) is 0 Å². The molecule has 2 aliphatic rings. The number of benzene rings is 1. The predicted molar refractivity (Wildman–Crippen MR) is 101 cm³/mol. The summed E-state index contributed by atoms with van der Waals surface area (Å²) in [5.41, 5.74) is 3.64. The van der Waals surface area contributed by atoms with Crippen LogP contribution in [0.4, 0.5) is 0 Å². The summed E-state index contributed by atoms with van der Waals surface area (Å²) >= 11 is 0. The number of nitrogens with one attached hydrogen (secondary N) is 1. The second kappa shape index (κ2) is 6.63. The Morgan fingerprint density at radius 3 is 2.85 bits per heavy atom. The van der Waals surface area contributed by atoms with Gasteiger partial charge in [-0.3, -0.25) is 9.78 Å². The highest BCUT2D eigenvalue weighted by atomic mass is 32.2. The van der Waals surface area contributed by atoms with Gasteiger partial charge in [-0.25, -0.2) is 12.7 Å². The Morgan fingerprint density at radius 1 is 1.23 bits per heavy atom. The summed E-state index contributed by atoms with van der Waals surface area (Å²) in [6.07, 6.45) is 5.57. The monoisotopic (exact) mass is 373 g/mol. The van der Waals surface area contributed by atoms with Crippen molar-refractivity contribution in [3.63, 3.8) is 0 Å². The molecular formula is C19H23N3O3S. The number of carbonyl (C=O) groups is 1. The quantitative estimate of drug-likeness (QED) is 0.891. The van der Waals surface area contributed by atoms with Gasteiger partial charge in [0.2, 0.25) is 10.0 Å². The molecule has 2 heterocycles. The van der Waals surface area contributed by atoms with Gasteiger partial charge < -0.3 is 5.32 Å². The SMILES string of the molecule is CS(=O)(=O)N1CCCC(NC(=O)c2c3c(nc4ccccc24)CCC3)C1. The molecule has 1 atom stereocenters. The van der Waals surface area contributed by atoms with Crippen molar-refractivity contribution in [3.05, 3.63) is 41.1 Å². The standard InChI is InChI=1S/C19H23N3O3S/c1-26(24,25)22-11-5-6-13(12-22)20-19(23)18-14-7-2-3-9-16(14)21-17-10-4-8-15(17)18/h2-3,7,9,13H,4-6,8,10-12H2,1H3,(H,20,23). The van der Waals surface area contributed by atoms with Gasteiger partial charge in [0.05, 0.1) is 17.3 Å². The van der Waals surface area contributed by atoms with Gasteiger partial charge in [0.1, 0.15) is 0 Å². The van der Waals surface area contributed by atoms with Crippen LogP contribution in [0.1, 0.15) is 40.9 Å². The number of carbonyl (C=O) groups excluding carboxylic acids is 1. The minimum atomic E-state index is -3.23. The molecule has 1 unspecified atom stereocenters. The molecule has 1 aromatic carbocycles. The smallest absolute Gasteiger partial charge is 0.252 e. The first-order valence-electron chi connectivity index (χ1n) is 9.10. The van der Waals surface area contributed by atoms with E-state index in [1.165, 1.54) is 10.6 Å². The Bertz CT molecular complexity index is 971. The van der Waals surface area contributed by atoms with E-state index < -0.39 is 10.0 Å². The van der Waals surface area contributed by atoms with Crippen LogP contribution in [0.5, 0.6) is 0 Å². The van der Waals surface area contributed by atoms with Crippen LogP contribution in [0.25, 0.3) is 10.9 Å². The molecule has 26 heavy (non-hydrogen) atoms. The van der Waals surface area contributed by atoms with Gasteiger partial charge in [-0.05, 0) is 43.7 Å². The Hall–Kier alpha value is -1.99. The Morgan fingerprint density at radius 2 is 2.04 bits per heavy atom. The number of amides is 1. The molecule has 2 aromatic rings. The number of rotatable bonds is 3. The van der Waals surface area contributed by atoms with Gasteiger partial charge in [0.15, 0.2) is 0 Å². The van der Waals surface area contributed by atoms with E-state index in [1.807, 2.05) is 24.3 Å². The van der Waals surface area contributed by atoms with E-state index in [0.717, 1.165) is 59.8 Å². The first kappa shape index (κ1) is 17.4. The van der Waals surface area contributed by atoms with Crippen molar-refractivity contribution in [2.45, 2.75) is 38.1 Å². The number of hydrogen-bond donors (Lipinski definition) is 1. The molecule has 4 rings (SSSR count). The van der Waals surface area contributed by atoms with Gasteiger partial charge in [-0.15, -0.1) is 0 Å². The molecule has 138 valence electrons. The summed E-state index contributed by atoms with van der Waals surface area (Å²) in [6.45, 7) is 0.870. The topological polar surface area (TPSA) is 79.4 Å². The maximum Gasteiger partial charge on any atom is 0.252 e. The third kappa shape index (κ3) is 3.21. The van der Waals surface area contributed by atoms with Gasteiger partial charge >= 0.3 is 0 Å². The van der Waals surface area contributed by atoms with E-state index in [1.54, 1.807) is 0 Å². The molecule has 0 bridgehead atoms. The van der Waals surface area contributed by atoms with Gasteiger partial charge in [-0.2, -0.15) is 0 Å². The van der Waals surface area contributed by atoms with E-state index in [9.17, 15) is 13.2 Å². The van der Waals surface area contributed by atoms with E-state index >= 15 is 0 Å². The highest BCUT2D eigenvalue weighted by molar-refractivity contribution is 7.88. The van der Waals surface area contributed by atoms with Crippen molar-refractivity contribution < 1.29 is 13.2 Å². The highest BCUT2D eigenvalue weighted by Gasteiger charge is 2.29. The zero-order valence-corrected chi connectivity index (χ0v) is 15.7. The number of aromatic nitrogens is 1. The zero-order valence-electron chi connectivity index (χ0n) is 14.9. The summed E-state index contributed by atoms with van der Waals surface area (Å²) in [7, 11) is -3.23. The number of pyridine rings is 1. The Kier molecular flexibility index (Phi) is 4.44. The number of aryl methyl sites for hydroxylation is 1. The minimum Gasteiger partial charge on any atom is -0.348 e. The van der Waals surface area contributed by atoms with Gasteiger partial charge in [0, 0.05) is 30.2 Å². The largest absolute Gasteiger partial charge is 0.348 e. The molecule has 6 nitrogen and oxygen atoms in total. The summed E-state index contributed by atoms with van der Waals surface area (Å²) in [5, 5.41) is 3.96. The molecule has 0 spiro atoms. The number of piperidine rings is 1. The average Bonchev–Trinajstić information content (AvgIpc) is 3.06. The van der Waals surface area contributed by atoms with Crippen LogP contribution in [-0.4, -0.2) is 49.0 Å². The van der Waals surface area contributed by atoms with Crippen molar-refractivity contribution in [1.82, 2.24) is 14.6 Å². The summed E-state index contributed by atoms with van der Waals surface area (Å²) in [4.78, 5) is 17.9. The molecule has 1 aliphatic carbocycles. The first-order chi connectivity index (χ1) is 12.4. The van der Waals surface area contributed by atoms with Crippen LogP contribution in [0.3, 0.4) is 0 Å². The summed E-state index contributed by atoms with van der Waals surface area (Å²) < 4.78 is 25.1.